The second-order valence-corrected chi connectivity index (χ2v) is 3.71. The Balaban J connectivity index is 2.15. The second kappa shape index (κ2) is 5.67. The van der Waals surface area contributed by atoms with Crippen LogP contribution in [-0.2, 0) is 0 Å². The SMILES string of the molecule is C[N+](=CC#Cc1ccccc1)c1ccccc1. The zero-order valence-electron chi connectivity index (χ0n) is 9.80. The summed E-state index contributed by atoms with van der Waals surface area (Å²) >= 11 is 0. The van der Waals surface area contributed by atoms with Crippen LogP contribution in [0.15, 0.2) is 60.7 Å². The molecule has 0 aliphatic heterocycles. The maximum Gasteiger partial charge on any atom is 0.220 e. The van der Waals surface area contributed by atoms with Gasteiger partial charge in [-0.1, -0.05) is 42.3 Å². The smallest absolute Gasteiger partial charge is 0.194 e. The van der Waals surface area contributed by atoms with Crippen LogP contribution < -0.4 is 0 Å². The summed E-state index contributed by atoms with van der Waals surface area (Å²) in [5, 5.41) is 0. The van der Waals surface area contributed by atoms with Crippen molar-refractivity contribution in [1.82, 2.24) is 0 Å². The molecular formula is C16H14N+. The number of nitrogens with zero attached hydrogens (tertiary/aromatic N) is 1. The van der Waals surface area contributed by atoms with E-state index >= 15 is 0 Å². The van der Waals surface area contributed by atoms with E-state index in [0.29, 0.717) is 0 Å². The Labute approximate surface area is 102 Å². The van der Waals surface area contributed by atoms with Gasteiger partial charge in [-0.3, -0.25) is 0 Å². The van der Waals surface area contributed by atoms with Gasteiger partial charge in [-0.05, 0) is 18.1 Å². The van der Waals surface area contributed by atoms with Gasteiger partial charge in [0.15, 0.2) is 0 Å². The molecule has 0 spiro atoms. The van der Waals surface area contributed by atoms with Gasteiger partial charge in [-0.15, -0.1) is 0 Å². The van der Waals surface area contributed by atoms with Gasteiger partial charge < -0.3 is 0 Å². The van der Waals surface area contributed by atoms with Crippen molar-refractivity contribution in [2.45, 2.75) is 0 Å². The summed E-state index contributed by atoms with van der Waals surface area (Å²) < 4.78 is 2.01. The molecule has 0 amide bonds. The molecular weight excluding hydrogens is 206 g/mol. The van der Waals surface area contributed by atoms with Crippen LogP contribution in [0.1, 0.15) is 5.56 Å². The van der Waals surface area contributed by atoms with Crippen LogP contribution in [-0.4, -0.2) is 17.8 Å². The van der Waals surface area contributed by atoms with Crippen LogP contribution in [0.2, 0.25) is 0 Å². The zero-order chi connectivity index (χ0) is 11.9. The van der Waals surface area contributed by atoms with Crippen molar-refractivity contribution in [3.63, 3.8) is 0 Å². The zero-order valence-corrected chi connectivity index (χ0v) is 9.80. The van der Waals surface area contributed by atoms with E-state index in [2.05, 4.69) is 24.0 Å². The van der Waals surface area contributed by atoms with Crippen LogP contribution >= 0.6 is 0 Å². The van der Waals surface area contributed by atoms with Gasteiger partial charge >= 0.3 is 0 Å². The standard InChI is InChI=1S/C16H14N/c1-17(16-12-6-3-7-13-16)14-8-11-15-9-4-2-5-10-15/h2-7,9-10,12-14H,1H3/q+1. The van der Waals surface area contributed by atoms with Crippen molar-refractivity contribution in [2.75, 3.05) is 7.05 Å². The first-order valence-electron chi connectivity index (χ1n) is 5.54. The van der Waals surface area contributed by atoms with E-state index in [-0.39, 0.29) is 0 Å². The summed E-state index contributed by atoms with van der Waals surface area (Å²) in [7, 11) is 2.00. The highest BCUT2D eigenvalue weighted by molar-refractivity contribution is 5.76. The molecule has 17 heavy (non-hydrogen) atoms. The van der Waals surface area contributed by atoms with Gasteiger partial charge in [-0.25, -0.2) is 0 Å². The Morgan fingerprint density at radius 1 is 0.882 bits per heavy atom. The van der Waals surface area contributed by atoms with Crippen molar-refractivity contribution < 1.29 is 4.58 Å². The lowest BCUT2D eigenvalue weighted by Crippen LogP contribution is -1.97. The monoisotopic (exact) mass is 220 g/mol. The van der Waals surface area contributed by atoms with Gasteiger partial charge in [0.2, 0.25) is 11.9 Å². The van der Waals surface area contributed by atoms with Crippen molar-refractivity contribution in [1.29, 1.82) is 0 Å². The Morgan fingerprint density at radius 2 is 1.47 bits per heavy atom. The van der Waals surface area contributed by atoms with Gasteiger partial charge in [0, 0.05) is 17.7 Å². The second-order valence-electron chi connectivity index (χ2n) is 3.71. The minimum atomic E-state index is 1.03. The lowest BCUT2D eigenvalue weighted by Gasteiger charge is -1.91. The number of rotatable bonds is 1. The van der Waals surface area contributed by atoms with E-state index in [0.717, 1.165) is 11.3 Å². The molecule has 0 heterocycles. The van der Waals surface area contributed by atoms with Gasteiger partial charge in [0.1, 0.15) is 7.05 Å². The van der Waals surface area contributed by atoms with Gasteiger partial charge in [-0.2, -0.15) is 4.58 Å². The fourth-order valence-electron chi connectivity index (χ4n) is 1.47. The van der Waals surface area contributed by atoms with Crippen LogP contribution in [0, 0.1) is 11.8 Å². The molecule has 1 heteroatoms. The van der Waals surface area contributed by atoms with Crippen LogP contribution in [0.4, 0.5) is 5.69 Å². The number of para-hydroxylation sites is 1. The Kier molecular flexibility index (Phi) is 3.72. The molecule has 0 aromatic heterocycles. The third-order valence-corrected chi connectivity index (χ3v) is 2.41. The van der Waals surface area contributed by atoms with E-state index in [1.807, 2.05) is 66.4 Å². The van der Waals surface area contributed by atoms with Crippen LogP contribution in [0.5, 0.6) is 0 Å². The third kappa shape index (κ3) is 3.32. The van der Waals surface area contributed by atoms with Crippen molar-refractivity contribution in [2.24, 2.45) is 0 Å². The summed E-state index contributed by atoms with van der Waals surface area (Å²) in [4.78, 5) is 0. The highest BCUT2D eigenvalue weighted by atomic mass is 15.0. The van der Waals surface area contributed by atoms with Crippen LogP contribution in [0.25, 0.3) is 0 Å². The molecule has 2 aromatic carbocycles. The normalized spacial score (nSPS) is 10.5. The lowest BCUT2D eigenvalue weighted by atomic mass is 10.2. The van der Waals surface area contributed by atoms with E-state index in [4.69, 9.17) is 0 Å². The molecule has 0 aliphatic rings. The van der Waals surface area contributed by atoms with E-state index in [1.165, 1.54) is 0 Å². The summed E-state index contributed by atoms with van der Waals surface area (Å²) in [6.45, 7) is 0. The first kappa shape index (κ1) is 11.2. The number of hydrogen-bond donors (Lipinski definition) is 0. The average molecular weight is 220 g/mol. The minimum Gasteiger partial charge on any atom is -0.194 e. The summed E-state index contributed by atoms with van der Waals surface area (Å²) in [5.41, 5.74) is 2.17. The number of benzene rings is 2. The largest absolute Gasteiger partial charge is 0.220 e. The molecule has 0 radical (unpaired) electrons. The molecule has 0 saturated heterocycles. The third-order valence-electron chi connectivity index (χ3n) is 2.41. The molecule has 1 nitrogen and oxygen atoms in total. The van der Waals surface area contributed by atoms with Gasteiger partial charge in [0.25, 0.3) is 0 Å². The van der Waals surface area contributed by atoms with E-state index < -0.39 is 0 Å². The summed E-state index contributed by atoms with van der Waals surface area (Å²) in [5.74, 6) is 6.15. The van der Waals surface area contributed by atoms with E-state index in [9.17, 15) is 0 Å². The quantitative estimate of drug-likeness (QED) is 0.395. The predicted molar refractivity (Wildman–Crippen MR) is 71.7 cm³/mol. The Morgan fingerprint density at radius 3 is 2.12 bits per heavy atom. The van der Waals surface area contributed by atoms with Gasteiger partial charge in [0.05, 0.1) is 0 Å². The van der Waals surface area contributed by atoms with Crippen molar-refractivity contribution in [3.05, 3.63) is 66.2 Å². The molecule has 2 aromatic rings. The Bertz CT molecular complexity index is 557. The highest BCUT2D eigenvalue weighted by Gasteiger charge is 1.97. The topological polar surface area (TPSA) is 3.01 Å². The fourth-order valence-corrected chi connectivity index (χ4v) is 1.47. The molecule has 0 bridgehead atoms. The molecule has 0 aliphatic carbocycles. The maximum absolute atomic E-state index is 3.10. The maximum atomic E-state index is 3.10. The first-order chi connectivity index (χ1) is 8.36. The molecule has 82 valence electrons. The van der Waals surface area contributed by atoms with Crippen molar-refractivity contribution in [3.8, 4) is 11.8 Å². The molecule has 0 unspecified atom stereocenters. The molecule has 0 saturated carbocycles. The fraction of sp³-hybridized carbons (Fsp3) is 0.0625. The molecule has 0 fully saturated rings. The molecule has 0 N–H and O–H groups in total. The first-order valence-corrected chi connectivity index (χ1v) is 5.54. The summed E-state index contributed by atoms with van der Waals surface area (Å²) in [6.07, 6.45) is 1.88. The minimum absolute atomic E-state index is 1.03. The number of hydrogen-bond acceptors (Lipinski definition) is 0. The molecule has 2 rings (SSSR count). The average Bonchev–Trinajstić information content (AvgIpc) is 2.41. The van der Waals surface area contributed by atoms with Crippen LogP contribution in [0.3, 0.4) is 0 Å². The Hall–Kier alpha value is -2.33. The predicted octanol–water partition coefficient (Wildman–Crippen LogP) is 3.08. The van der Waals surface area contributed by atoms with E-state index in [1.54, 1.807) is 0 Å². The summed E-state index contributed by atoms with van der Waals surface area (Å²) in [6, 6.07) is 20.1. The lowest BCUT2D eigenvalue weighted by molar-refractivity contribution is -0.398. The molecule has 0 atom stereocenters. The highest BCUT2D eigenvalue weighted by Crippen LogP contribution is 2.06. The van der Waals surface area contributed by atoms with Crippen molar-refractivity contribution >= 4 is 11.9 Å².